The van der Waals surface area contributed by atoms with Crippen LogP contribution in [0.4, 0.5) is 0 Å². The maximum Gasteiger partial charge on any atom is 0.0304 e. The van der Waals surface area contributed by atoms with Gasteiger partial charge in [-0.1, -0.05) is 6.92 Å². The average molecular weight is 140 g/mol. The van der Waals surface area contributed by atoms with Gasteiger partial charge in [0.05, 0.1) is 0 Å². The van der Waals surface area contributed by atoms with E-state index in [0.29, 0.717) is 0 Å². The highest BCUT2D eigenvalue weighted by molar-refractivity contribution is 8.19. The topological polar surface area (TPSA) is 3.24 Å². The molecule has 0 saturated heterocycles. The molecule has 0 aliphatic carbocycles. The van der Waals surface area contributed by atoms with Crippen LogP contribution >= 0.6 is 21.8 Å². The van der Waals surface area contributed by atoms with Gasteiger partial charge in [-0.05, 0) is 24.2 Å². The highest BCUT2D eigenvalue weighted by Gasteiger charge is 1.89. The van der Waals surface area contributed by atoms with Crippen molar-refractivity contribution >= 4 is 21.8 Å². The van der Waals surface area contributed by atoms with E-state index >= 15 is 0 Å². The van der Waals surface area contributed by atoms with Gasteiger partial charge in [-0.15, -0.1) is 0 Å². The molecule has 0 aromatic heterocycles. The van der Waals surface area contributed by atoms with Crippen LogP contribution in [0.2, 0.25) is 0 Å². The lowest BCUT2D eigenvalue weighted by Crippen LogP contribution is -2.06. The van der Waals surface area contributed by atoms with E-state index in [4.69, 9.17) is 10.7 Å². The van der Waals surface area contributed by atoms with Crippen molar-refractivity contribution in [1.82, 2.24) is 4.31 Å². The summed E-state index contributed by atoms with van der Waals surface area (Å²) in [5.74, 6) is 0. The third-order valence-electron chi connectivity index (χ3n) is 0.656. The maximum atomic E-state index is 5.37. The van der Waals surface area contributed by atoms with Gasteiger partial charge in [-0.25, -0.2) is 4.31 Å². The Labute approximate surface area is 53.7 Å². The minimum atomic E-state index is 1.06. The molecule has 0 aliphatic heterocycles. The van der Waals surface area contributed by atoms with Crippen molar-refractivity contribution in [1.29, 1.82) is 0 Å². The molecule has 0 aromatic rings. The number of rotatable bonds is 3. The van der Waals surface area contributed by atoms with Gasteiger partial charge in [0.1, 0.15) is 0 Å². The van der Waals surface area contributed by atoms with Crippen molar-refractivity contribution in [3.8, 4) is 0 Å². The summed E-state index contributed by atoms with van der Waals surface area (Å²) < 4.78 is 1.99. The first-order valence-corrected chi connectivity index (χ1v) is 3.91. The molecule has 0 amide bonds. The van der Waals surface area contributed by atoms with Gasteiger partial charge in [-0.3, -0.25) is 0 Å². The van der Waals surface area contributed by atoms with E-state index in [-0.39, 0.29) is 0 Å². The van der Waals surface area contributed by atoms with Crippen LogP contribution in [0, 0.1) is 0 Å². The van der Waals surface area contributed by atoms with Crippen molar-refractivity contribution in [2.24, 2.45) is 0 Å². The molecule has 0 fully saturated rings. The molecule has 0 atom stereocenters. The minimum Gasteiger partial charge on any atom is -0.240 e. The van der Waals surface area contributed by atoms with Crippen LogP contribution in [0.3, 0.4) is 0 Å². The van der Waals surface area contributed by atoms with E-state index in [2.05, 4.69) is 6.92 Å². The average Bonchev–Trinajstić information content (AvgIpc) is 1.68. The van der Waals surface area contributed by atoms with Gasteiger partial charge < -0.3 is 0 Å². The molecule has 0 N–H and O–H groups in total. The normalized spacial score (nSPS) is 10.3. The third kappa shape index (κ3) is 4.45. The SMILES string of the molecule is CCCN(C)SCl. The highest BCUT2D eigenvalue weighted by Crippen LogP contribution is 2.10. The predicted octanol–water partition coefficient (Wildman–Crippen LogP) is 2.13. The summed E-state index contributed by atoms with van der Waals surface area (Å²) in [6, 6.07) is 0. The molecule has 0 rings (SSSR count). The molecule has 3 heteroatoms. The molecule has 44 valence electrons. The first-order chi connectivity index (χ1) is 3.31. The zero-order valence-electron chi connectivity index (χ0n) is 4.65. The predicted molar refractivity (Wildman–Crippen MR) is 36.4 cm³/mol. The Morgan fingerprint density at radius 1 is 1.71 bits per heavy atom. The van der Waals surface area contributed by atoms with Crippen LogP contribution in [-0.4, -0.2) is 17.9 Å². The van der Waals surface area contributed by atoms with Crippen molar-refractivity contribution in [2.45, 2.75) is 13.3 Å². The summed E-state index contributed by atoms with van der Waals surface area (Å²) in [5, 5.41) is 0. The van der Waals surface area contributed by atoms with Crippen LogP contribution < -0.4 is 0 Å². The Balaban J connectivity index is 2.83. The summed E-state index contributed by atoms with van der Waals surface area (Å²) in [6.07, 6.45) is 1.16. The third-order valence-corrected chi connectivity index (χ3v) is 1.78. The Kier molecular flexibility index (Phi) is 5.16. The Bertz CT molecular complexity index is 42.7. The van der Waals surface area contributed by atoms with Gasteiger partial charge in [0, 0.05) is 17.7 Å². The number of nitrogens with zero attached hydrogens (tertiary/aromatic N) is 1. The Morgan fingerprint density at radius 3 is 2.43 bits per heavy atom. The second-order valence-electron chi connectivity index (χ2n) is 1.42. The number of hydrogen-bond donors (Lipinski definition) is 0. The van der Waals surface area contributed by atoms with Crippen LogP contribution in [-0.2, 0) is 0 Å². The molecule has 0 bridgehead atoms. The molecule has 0 radical (unpaired) electrons. The summed E-state index contributed by atoms with van der Waals surface area (Å²) >= 11 is 1.25. The molecular formula is C4H10ClNS. The summed E-state index contributed by atoms with van der Waals surface area (Å²) in [4.78, 5) is 0. The molecular weight excluding hydrogens is 130 g/mol. The van der Waals surface area contributed by atoms with E-state index in [0.717, 1.165) is 13.0 Å². The lowest BCUT2D eigenvalue weighted by Gasteiger charge is -2.06. The molecule has 1 nitrogen and oxygen atoms in total. The van der Waals surface area contributed by atoms with Crippen LogP contribution in [0.25, 0.3) is 0 Å². The fourth-order valence-corrected chi connectivity index (χ4v) is 0.808. The second kappa shape index (κ2) is 4.75. The van der Waals surface area contributed by atoms with Gasteiger partial charge in [-0.2, -0.15) is 0 Å². The zero-order chi connectivity index (χ0) is 5.70. The standard InChI is InChI=1S/C4H10ClNS/c1-3-4-6(2)7-5/h3-4H2,1-2H3. The summed E-state index contributed by atoms with van der Waals surface area (Å²) in [6.45, 7) is 3.19. The molecule has 0 aliphatic rings. The van der Waals surface area contributed by atoms with Gasteiger partial charge in [0.2, 0.25) is 0 Å². The Hall–Kier alpha value is 0.600. The fourth-order valence-electron chi connectivity index (χ4n) is 0.349. The highest BCUT2D eigenvalue weighted by atomic mass is 35.7. The van der Waals surface area contributed by atoms with Gasteiger partial charge in [0.25, 0.3) is 0 Å². The molecule has 0 unspecified atom stereocenters. The van der Waals surface area contributed by atoms with E-state index in [9.17, 15) is 0 Å². The van der Waals surface area contributed by atoms with Gasteiger partial charge in [0.15, 0.2) is 0 Å². The minimum absolute atomic E-state index is 1.06. The molecule has 0 saturated carbocycles. The molecule has 0 aromatic carbocycles. The van der Waals surface area contributed by atoms with Crippen molar-refractivity contribution in [2.75, 3.05) is 13.6 Å². The van der Waals surface area contributed by atoms with Crippen LogP contribution in [0.5, 0.6) is 0 Å². The smallest absolute Gasteiger partial charge is 0.0304 e. The quantitative estimate of drug-likeness (QED) is 0.552. The summed E-state index contributed by atoms with van der Waals surface area (Å²) in [7, 11) is 7.35. The van der Waals surface area contributed by atoms with Crippen LogP contribution in [0.15, 0.2) is 0 Å². The Morgan fingerprint density at radius 2 is 2.29 bits per heavy atom. The molecule has 0 heterocycles. The first-order valence-electron chi connectivity index (χ1n) is 2.31. The van der Waals surface area contributed by atoms with E-state index in [1.165, 1.54) is 11.2 Å². The lowest BCUT2D eigenvalue weighted by molar-refractivity contribution is 0.564. The monoisotopic (exact) mass is 139 g/mol. The lowest BCUT2D eigenvalue weighted by atomic mass is 10.5. The largest absolute Gasteiger partial charge is 0.240 e. The number of hydrogen-bond acceptors (Lipinski definition) is 2. The molecule has 0 spiro atoms. The number of halogens is 1. The zero-order valence-corrected chi connectivity index (χ0v) is 6.22. The van der Waals surface area contributed by atoms with E-state index < -0.39 is 0 Å². The maximum absolute atomic E-state index is 5.37. The second-order valence-corrected chi connectivity index (χ2v) is 2.60. The summed E-state index contributed by atoms with van der Waals surface area (Å²) in [5.41, 5.74) is 0. The van der Waals surface area contributed by atoms with E-state index in [1.807, 2.05) is 11.4 Å². The first kappa shape index (κ1) is 7.60. The van der Waals surface area contributed by atoms with Gasteiger partial charge >= 0.3 is 0 Å². The van der Waals surface area contributed by atoms with Crippen LogP contribution in [0.1, 0.15) is 13.3 Å². The fraction of sp³-hybridized carbons (Fsp3) is 1.00. The van der Waals surface area contributed by atoms with Crippen molar-refractivity contribution < 1.29 is 0 Å². The van der Waals surface area contributed by atoms with Crippen molar-refractivity contribution in [3.63, 3.8) is 0 Å². The molecule has 7 heavy (non-hydrogen) atoms. The van der Waals surface area contributed by atoms with Crippen molar-refractivity contribution in [3.05, 3.63) is 0 Å². The van der Waals surface area contributed by atoms with E-state index in [1.54, 1.807) is 0 Å².